The van der Waals surface area contributed by atoms with Gasteiger partial charge in [0.25, 0.3) is 11.5 Å². The summed E-state index contributed by atoms with van der Waals surface area (Å²) >= 11 is 6.43. The van der Waals surface area contributed by atoms with E-state index in [1.807, 2.05) is 0 Å². The molecular formula is C24H27ClFN5O2. The van der Waals surface area contributed by atoms with Crippen molar-refractivity contribution in [3.05, 3.63) is 62.5 Å². The monoisotopic (exact) mass is 471 g/mol. The van der Waals surface area contributed by atoms with E-state index in [2.05, 4.69) is 34.1 Å². The molecule has 174 valence electrons. The maximum Gasteiger partial charge on any atom is 0.258 e. The van der Waals surface area contributed by atoms with Crippen LogP contribution in [0.2, 0.25) is 5.02 Å². The van der Waals surface area contributed by atoms with Crippen LogP contribution in [0.3, 0.4) is 0 Å². The number of nitrogens with zero attached hydrogens (tertiary/aromatic N) is 3. The Morgan fingerprint density at radius 1 is 1.27 bits per heavy atom. The average Bonchev–Trinajstić information content (AvgIpc) is 2.73. The zero-order chi connectivity index (χ0) is 23.9. The fourth-order valence-corrected chi connectivity index (χ4v) is 4.90. The van der Waals surface area contributed by atoms with Crippen LogP contribution in [-0.2, 0) is 0 Å². The molecule has 4 rings (SSSR count). The second-order valence-corrected chi connectivity index (χ2v) is 9.53. The molecule has 1 aliphatic rings. The number of piperidine rings is 1. The van der Waals surface area contributed by atoms with Crippen molar-refractivity contribution in [1.29, 1.82) is 0 Å². The van der Waals surface area contributed by atoms with Crippen LogP contribution in [0.15, 0.2) is 29.2 Å². The van der Waals surface area contributed by atoms with Crippen molar-refractivity contribution in [3.8, 4) is 0 Å². The smallest absolute Gasteiger partial charge is 0.258 e. The van der Waals surface area contributed by atoms with E-state index >= 15 is 0 Å². The summed E-state index contributed by atoms with van der Waals surface area (Å²) in [6, 6.07) is 4.04. The highest BCUT2D eigenvalue weighted by atomic mass is 35.5. The summed E-state index contributed by atoms with van der Waals surface area (Å²) in [6.45, 7) is 9.05. The van der Waals surface area contributed by atoms with Gasteiger partial charge in [0.05, 0.1) is 22.5 Å². The summed E-state index contributed by atoms with van der Waals surface area (Å²) in [5.41, 5.74) is 1.06. The van der Waals surface area contributed by atoms with Gasteiger partial charge in [-0.2, -0.15) is 0 Å². The number of likely N-dealkylation sites (tertiary alicyclic amines) is 1. The number of anilines is 1. The molecule has 0 radical (unpaired) electrons. The summed E-state index contributed by atoms with van der Waals surface area (Å²) in [4.78, 5) is 38.1. The SMILES string of the molecule is Cc1nc2cc(Cl)c(C(C)Nc3ncc(C(=O)N4CC(C)CC(C)C4)cc3F)cc2c(=O)[nH]1. The van der Waals surface area contributed by atoms with Gasteiger partial charge in [-0.3, -0.25) is 9.59 Å². The van der Waals surface area contributed by atoms with Gasteiger partial charge in [-0.05, 0) is 55.9 Å². The van der Waals surface area contributed by atoms with Crippen molar-refractivity contribution < 1.29 is 9.18 Å². The molecule has 3 heterocycles. The maximum atomic E-state index is 14.9. The fraction of sp³-hybridized carbons (Fsp3) is 0.417. The number of halogens is 2. The third-order valence-electron chi connectivity index (χ3n) is 6.01. The molecule has 9 heteroatoms. The van der Waals surface area contributed by atoms with Gasteiger partial charge in [-0.15, -0.1) is 0 Å². The van der Waals surface area contributed by atoms with Crippen molar-refractivity contribution in [2.75, 3.05) is 18.4 Å². The molecule has 3 aromatic rings. The van der Waals surface area contributed by atoms with E-state index in [1.54, 1.807) is 30.9 Å². The number of pyridine rings is 1. The third-order valence-corrected chi connectivity index (χ3v) is 6.33. The Balaban J connectivity index is 1.55. The Hall–Kier alpha value is -3.00. The molecule has 3 atom stereocenters. The lowest BCUT2D eigenvalue weighted by Crippen LogP contribution is -2.42. The summed E-state index contributed by atoms with van der Waals surface area (Å²) < 4.78 is 14.9. The van der Waals surface area contributed by atoms with Gasteiger partial charge in [-0.25, -0.2) is 14.4 Å². The number of aromatic amines is 1. The molecule has 1 aliphatic heterocycles. The molecule has 2 N–H and O–H groups in total. The highest BCUT2D eigenvalue weighted by Gasteiger charge is 2.27. The average molecular weight is 472 g/mol. The topological polar surface area (TPSA) is 91.0 Å². The van der Waals surface area contributed by atoms with E-state index < -0.39 is 11.9 Å². The van der Waals surface area contributed by atoms with Gasteiger partial charge in [0.1, 0.15) is 5.82 Å². The van der Waals surface area contributed by atoms with Crippen molar-refractivity contribution in [1.82, 2.24) is 19.9 Å². The normalized spacial score (nSPS) is 19.5. The predicted molar refractivity (Wildman–Crippen MR) is 127 cm³/mol. The largest absolute Gasteiger partial charge is 0.361 e. The molecule has 33 heavy (non-hydrogen) atoms. The number of rotatable bonds is 4. The molecule has 1 amide bonds. The van der Waals surface area contributed by atoms with Crippen LogP contribution in [-0.4, -0.2) is 38.8 Å². The van der Waals surface area contributed by atoms with E-state index in [9.17, 15) is 14.0 Å². The summed E-state index contributed by atoms with van der Waals surface area (Å²) in [6.07, 6.45) is 2.47. The highest BCUT2D eigenvalue weighted by Crippen LogP contribution is 2.29. The maximum absolute atomic E-state index is 14.9. The first-order valence-corrected chi connectivity index (χ1v) is 11.4. The minimum atomic E-state index is -0.627. The third kappa shape index (κ3) is 4.85. The van der Waals surface area contributed by atoms with Crippen molar-refractivity contribution in [2.24, 2.45) is 11.8 Å². The van der Waals surface area contributed by atoms with E-state index in [0.29, 0.717) is 52.2 Å². The number of hydrogen-bond donors (Lipinski definition) is 2. The Kier molecular flexibility index (Phi) is 6.38. The van der Waals surface area contributed by atoms with Gasteiger partial charge < -0.3 is 15.2 Å². The summed E-state index contributed by atoms with van der Waals surface area (Å²) in [7, 11) is 0. The van der Waals surface area contributed by atoms with Crippen LogP contribution in [0.5, 0.6) is 0 Å². The number of carbonyl (C=O) groups excluding carboxylic acids is 1. The van der Waals surface area contributed by atoms with Gasteiger partial charge >= 0.3 is 0 Å². The lowest BCUT2D eigenvalue weighted by atomic mass is 9.91. The van der Waals surface area contributed by atoms with Crippen molar-refractivity contribution in [2.45, 2.75) is 40.2 Å². The number of H-pyrrole nitrogens is 1. The second-order valence-electron chi connectivity index (χ2n) is 9.12. The molecule has 1 aromatic carbocycles. The molecule has 0 saturated carbocycles. The Morgan fingerprint density at radius 3 is 2.64 bits per heavy atom. The number of nitrogens with one attached hydrogen (secondary N) is 2. The summed E-state index contributed by atoms with van der Waals surface area (Å²) in [5, 5.41) is 3.79. The molecule has 1 fully saturated rings. The zero-order valence-electron chi connectivity index (χ0n) is 19.1. The summed E-state index contributed by atoms with van der Waals surface area (Å²) in [5.74, 6) is 0.492. The quantitative estimate of drug-likeness (QED) is 0.575. The fourth-order valence-electron chi connectivity index (χ4n) is 4.58. The lowest BCUT2D eigenvalue weighted by molar-refractivity contribution is 0.0622. The number of amides is 1. The van der Waals surface area contributed by atoms with E-state index in [-0.39, 0.29) is 22.8 Å². The molecule has 7 nitrogen and oxygen atoms in total. The number of aromatic nitrogens is 3. The van der Waals surface area contributed by atoms with Gasteiger partial charge in [0.2, 0.25) is 0 Å². The number of fused-ring (bicyclic) bond motifs is 1. The van der Waals surface area contributed by atoms with Crippen LogP contribution in [0.25, 0.3) is 10.9 Å². The Bertz CT molecular complexity index is 1270. The minimum absolute atomic E-state index is 0.00605. The Morgan fingerprint density at radius 2 is 1.97 bits per heavy atom. The van der Waals surface area contributed by atoms with Crippen molar-refractivity contribution in [3.63, 3.8) is 0 Å². The first-order chi connectivity index (χ1) is 15.6. The van der Waals surface area contributed by atoms with Crippen LogP contribution in [0, 0.1) is 24.6 Å². The first-order valence-electron chi connectivity index (χ1n) is 11.0. The molecule has 2 aromatic heterocycles. The number of aryl methyl sites for hydroxylation is 1. The lowest BCUT2D eigenvalue weighted by Gasteiger charge is -2.35. The van der Waals surface area contributed by atoms with Crippen LogP contribution >= 0.6 is 11.6 Å². The second kappa shape index (κ2) is 9.09. The number of hydrogen-bond acceptors (Lipinski definition) is 5. The molecule has 0 spiro atoms. The van der Waals surface area contributed by atoms with Gasteiger partial charge in [0.15, 0.2) is 11.6 Å². The van der Waals surface area contributed by atoms with E-state index in [0.717, 1.165) is 6.42 Å². The zero-order valence-corrected chi connectivity index (χ0v) is 19.8. The van der Waals surface area contributed by atoms with Gasteiger partial charge in [-0.1, -0.05) is 25.4 Å². The molecule has 0 aliphatic carbocycles. The molecule has 1 saturated heterocycles. The molecule has 0 bridgehead atoms. The molecular weight excluding hydrogens is 445 g/mol. The van der Waals surface area contributed by atoms with Crippen molar-refractivity contribution >= 4 is 34.2 Å². The Labute approximate surface area is 196 Å². The number of benzene rings is 1. The number of carbonyl (C=O) groups is 1. The van der Waals surface area contributed by atoms with Crippen LogP contribution < -0.4 is 10.9 Å². The first kappa shape index (κ1) is 23.2. The highest BCUT2D eigenvalue weighted by molar-refractivity contribution is 6.32. The van der Waals surface area contributed by atoms with E-state index in [4.69, 9.17) is 11.6 Å². The van der Waals surface area contributed by atoms with E-state index in [1.165, 1.54) is 12.3 Å². The van der Waals surface area contributed by atoms with Crippen LogP contribution in [0.1, 0.15) is 55.0 Å². The van der Waals surface area contributed by atoms with Crippen LogP contribution in [0.4, 0.5) is 10.2 Å². The predicted octanol–water partition coefficient (Wildman–Crippen LogP) is 4.71. The minimum Gasteiger partial charge on any atom is -0.361 e. The standard InChI is InChI=1S/C24H27ClFN5O2/c1-12-5-13(2)11-31(10-12)24(33)16-6-20(26)22(27-9-16)28-14(3)17-7-18-21(8-19(17)25)29-15(4)30-23(18)32/h6-9,12-14H,5,10-11H2,1-4H3,(H,27,28)(H,29,30,32). The molecule has 3 unspecified atom stereocenters. The van der Waals surface area contributed by atoms with Gasteiger partial charge in [0, 0.05) is 24.3 Å².